The number of rotatable bonds is 6. The first-order chi connectivity index (χ1) is 12.1. The SMILES string of the molecule is COc1ccc(CN(CCO)C(=O)c2[nH]c3ccccc3c2Cl)cc1. The molecule has 1 amide bonds. The molecule has 25 heavy (non-hydrogen) atoms. The lowest BCUT2D eigenvalue weighted by Gasteiger charge is -2.21. The lowest BCUT2D eigenvalue weighted by molar-refractivity contribution is 0.0703. The average molecular weight is 359 g/mol. The summed E-state index contributed by atoms with van der Waals surface area (Å²) in [6, 6.07) is 15.0. The van der Waals surface area contributed by atoms with Crippen LogP contribution in [0.4, 0.5) is 0 Å². The Labute approximate surface area is 150 Å². The molecule has 0 radical (unpaired) electrons. The Hall–Kier alpha value is -2.50. The summed E-state index contributed by atoms with van der Waals surface area (Å²) in [6.45, 7) is 0.464. The topological polar surface area (TPSA) is 65.6 Å². The fourth-order valence-corrected chi connectivity index (χ4v) is 3.03. The Morgan fingerprint density at radius 3 is 2.56 bits per heavy atom. The van der Waals surface area contributed by atoms with Crippen LogP contribution in [-0.2, 0) is 6.54 Å². The highest BCUT2D eigenvalue weighted by Crippen LogP contribution is 2.28. The summed E-state index contributed by atoms with van der Waals surface area (Å²) in [4.78, 5) is 17.6. The molecule has 3 aromatic rings. The van der Waals surface area contributed by atoms with Crippen molar-refractivity contribution in [3.63, 3.8) is 0 Å². The number of aromatic amines is 1. The smallest absolute Gasteiger partial charge is 0.272 e. The Morgan fingerprint density at radius 2 is 1.92 bits per heavy atom. The van der Waals surface area contributed by atoms with Gasteiger partial charge in [0.1, 0.15) is 11.4 Å². The van der Waals surface area contributed by atoms with E-state index in [4.69, 9.17) is 16.3 Å². The monoisotopic (exact) mass is 358 g/mol. The summed E-state index contributed by atoms with van der Waals surface area (Å²) in [6.07, 6.45) is 0. The number of H-pyrrole nitrogens is 1. The van der Waals surface area contributed by atoms with E-state index in [1.54, 1.807) is 12.0 Å². The highest BCUT2D eigenvalue weighted by atomic mass is 35.5. The number of halogens is 1. The molecule has 0 aliphatic carbocycles. The van der Waals surface area contributed by atoms with E-state index in [1.807, 2.05) is 48.5 Å². The Morgan fingerprint density at radius 1 is 1.20 bits per heavy atom. The van der Waals surface area contributed by atoms with Crippen molar-refractivity contribution in [2.45, 2.75) is 6.54 Å². The van der Waals surface area contributed by atoms with E-state index in [1.165, 1.54) is 0 Å². The molecular weight excluding hydrogens is 340 g/mol. The largest absolute Gasteiger partial charge is 0.497 e. The molecule has 0 unspecified atom stereocenters. The van der Waals surface area contributed by atoms with E-state index in [0.29, 0.717) is 17.3 Å². The minimum absolute atomic E-state index is 0.125. The summed E-state index contributed by atoms with van der Waals surface area (Å²) in [7, 11) is 1.61. The lowest BCUT2D eigenvalue weighted by Crippen LogP contribution is -2.33. The van der Waals surface area contributed by atoms with Crippen molar-refractivity contribution in [2.75, 3.05) is 20.3 Å². The minimum Gasteiger partial charge on any atom is -0.497 e. The third-order valence-electron chi connectivity index (χ3n) is 4.05. The van der Waals surface area contributed by atoms with E-state index in [2.05, 4.69) is 4.98 Å². The summed E-state index contributed by atoms with van der Waals surface area (Å²) in [5.74, 6) is 0.508. The number of aliphatic hydroxyl groups excluding tert-OH is 1. The summed E-state index contributed by atoms with van der Waals surface area (Å²) in [5, 5.41) is 10.6. The molecule has 0 saturated heterocycles. The zero-order valence-electron chi connectivity index (χ0n) is 13.8. The van der Waals surface area contributed by atoms with Crippen molar-refractivity contribution >= 4 is 28.4 Å². The van der Waals surface area contributed by atoms with Crippen LogP contribution in [0.5, 0.6) is 5.75 Å². The Bertz CT molecular complexity index is 874. The highest BCUT2D eigenvalue weighted by molar-refractivity contribution is 6.38. The van der Waals surface area contributed by atoms with Gasteiger partial charge < -0.3 is 19.7 Å². The molecule has 0 fully saturated rings. The number of nitrogens with zero attached hydrogens (tertiary/aromatic N) is 1. The minimum atomic E-state index is -0.244. The quantitative estimate of drug-likeness (QED) is 0.709. The molecule has 2 N–H and O–H groups in total. The number of aliphatic hydroxyl groups is 1. The fourth-order valence-electron chi connectivity index (χ4n) is 2.74. The Kier molecular flexibility index (Phi) is 5.26. The van der Waals surface area contributed by atoms with E-state index >= 15 is 0 Å². The average Bonchev–Trinajstić information content (AvgIpc) is 2.98. The molecule has 0 saturated carbocycles. The number of carbonyl (C=O) groups excluding carboxylic acids is 1. The number of hydrogen-bond donors (Lipinski definition) is 2. The van der Waals surface area contributed by atoms with Crippen LogP contribution < -0.4 is 4.74 Å². The van der Waals surface area contributed by atoms with Crippen molar-refractivity contribution in [1.82, 2.24) is 9.88 Å². The second-order valence-corrected chi connectivity index (χ2v) is 6.04. The van der Waals surface area contributed by atoms with Crippen LogP contribution in [0.3, 0.4) is 0 Å². The van der Waals surface area contributed by atoms with Gasteiger partial charge in [-0.3, -0.25) is 4.79 Å². The maximum Gasteiger partial charge on any atom is 0.272 e. The van der Waals surface area contributed by atoms with Gasteiger partial charge in [0.15, 0.2) is 0 Å². The molecule has 3 rings (SSSR count). The van der Waals surface area contributed by atoms with Gasteiger partial charge in [-0.25, -0.2) is 0 Å². The summed E-state index contributed by atoms with van der Waals surface area (Å²) in [5.41, 5.74) is 2.09. The van der Waals surface area contributed by atoms with E-state index < -0.39 is 0 Å². The number of carbonyl (C=O) groups is 1. The maximum absolute atomic E-state index is 12.9. The fraction of sp³-hybridized carbons (Fsp3) is 0.211. The number of benzene rings is 2. The first kappa shape index (κ1) is 17.3. The first-order valence-corrected chi connectivity index (χ1v) is 8.31. The van der Waals surface area contributed by atoms with Gasteiger partial charge in [0.05, 0.1) is 18.7 Å². The van der Waals surface area contributed by atoms with Crippen LogP contribution >= 0.6 is 11.6 Å². The van der Waals surface area contributed by atoms with Crippen LogP contribution in [0, 0.1) is 0 Å². The zero-order chi connectivity index (χ0) is 17.8. The third-order valence-corrected chi connectivity index (χ3v) is 4.44. The molecule has 1 heterocycles. The lowest BCUT2D eigenvalue weighted by atomic mass is 10.2. The zero-order valence-corrected chi connectivity index (χ0v) is 14.6. The van der Waals surface area contributed by atoms with Gasteiger partial charge in [-0.2, -0.15) is 0 Å². The van der Waals surface area contributed by atoms with Gasteiger partial charge in [0.25, 0.3) is 5.91 Å². The van der Waals surface area contributed by atoms with Crippen LogP contribution in [0.2, 0.25) is 5.02 Å². The van der Waals surface area contributed by atoms with Crippen LogP contribution in [0.25, 0.3) is 10.9 Å². The predicted molar refractivity (Wildman–Crippen MR) is 98.1 cm³/mol. The molecule has 1 aromatic heterocycles. The van der Waals surface area contributed by atoms with Crippen LogP contribution in [0.1, 0.15) is 16.1 Å². The van der Waals surface area contributed by atoms with Gasteiger partial charge in [-0.1, -0.05) is 41.9 Å². The van der Waals surface area contributed by atoms with Gasteiger partial charge in [-0.15, -0.1) is 0 Å². The summed E-state index contributed by atoms with van der Waals surface area (Å²) >= 11 is 6.38. The number of fused-ring (bicyclic) bond motifs is 1. The molecule has 0 spiro atoms. The second-order valence-electron chi connectivity index (χ2n) is 5.66. The highest BCUT2D eigenvalue weighted by Gasteiger charge is 2.22. The normalized spacial score (nSPS) is 10.8. The van der Waals surface area contributed by atoms with E-state index in [9.17, 15) is 9.90 Å². The molecule has 5 nitrogen and oxygen atoms in total. The number of nitrogens with one attached hydrogen (secondary N) is 1. The van der Waals surface area contributed by atoms with Gasteiger partial charge in [0.2, 0.25) is 0 Å². The van der Waals surface area contributed by atoms with Crippen molar-refractivity contribution in [2.24, 2.45) is 0 Å². The van der Waals surface area contributed by atoms with Crippen molar-refractivity contribution < 1.29 is 14.6 Å². The number of ether oxygens (including phenoxy) is 1. The second kappa shape index (κ2) is 7.59. The third kappa shape index (κ3) is 3.62. The molecule has 0 aliphatic rings. The molecule has 2 aromatic carbocycles. The van der Waals surface area contributed by atoms with Crippen LogP contribution in [0.15, 0.2) is 48.5 Å². The van der Waals surface area contributed by atoms with Gasteiger partial charge in [0, 0.05) is 24.0 Å². The van der Waals surface area contributed by atoms with Gasteiger partial charge in [-0.05, 0) is 23.8 Å². The first-order valence-electron chi connectivity index (χ1n) is 7.93. The van der Waals surface area contributed by atoms with Crippen molar-refractivity contribution in [3.8, 4) is 5.75 Å². The molecule has 0 bridgehead atoms. The van der Waals surface area contributed by atoms with Crippen molar-refractivity contribution in [3.05, 3.63) is 64.8 Å². The van der Waals surface area contributed by atoms with E-state index in [-0.39, 0.29) is 19.1 Å². The molecule has 6 heteroatoms. The predicted octanol–water partition coefficient (Wildman–Crippen LogP) is 3.46. The number of para-hydroxylation sites is 1. The number of methoxy groups -OCH3 is 1. The van der Waals surface area contributed by atoms with Crippen LogP contribution in [-0.4, -0.2) is 41.2 Å². The molecule has 0 atom stereocenters. The van der Waals surface area contributed by atoms with E-state index in [0.717, 1.165) is 22.2 Å². The van der Waals surface area contributed by atoms with Crippen molar-refractivity contribution in [1.29, 1.82) is 0 Å². The molecular formula is C19H19ClN2O3. The number of aromatic nitrogens is 1. The number of hydrogen-bond acceptors (Lipinski definition) is 3. The standard InChI is InChI=1S/C19H19ClN2O3/c1-25-14-8-6-13(7-9-14)12-22(10-11-23)19(24)18-17(20)15-4-2-3-5-16(15)21-18/h2-9,21,23H,10-12H2,1H3. The Balaban J connectivity index is 1.87. The maximum atomic E-state index is 12.9. The summed E-state index contributed by atoms with van der Waals surface area (Å²) < 4.78 is 5.14. The number of amides is 1. The molecule has 130 valence electrons. The van der Waals surface area contributed by atoms with Gasteiger partial charge >= 0.3 is 0 Å². The molecule has 0 aliphatic heterocycles.